The molecule has 0 heterocycles. The second-order valence-electron chi connectivity index (χ2n) is 4.63. The fraction of sp³-hybridized carbons (Fsp3) is 0.235. The zero-order valence-corrected chi connectivity index (χ0v) is 12.4. The number of halogens is 1. The third kappa shape index (κ3) is 3.61. The Morgan fingerprint density at radius 2 is 1.70 bits per heavy atom. The molecule has 0 aliphatic carbocycles. The summed E-state index contributed by atoms with van der Waals surface area (Å²) in [5, 5.41) is 0.645. The van der Waals surface area contributed by atoms with Crippen LogP contribution in [0.5, 0.6) is 5.75 Å². The van der Waals surface area contributed by atoms with E-state index in [0.717, 1.165) is 6.42 Å². The first-order valence-electron chi connectivity index (χ1n) is 6.65. The zero-order valence-electron chi connectivity index (χ0n) is 11.6. The summed E-state index contributed by atoms with van der Waals surface area (Å²) in [5.74, 6) is 0.614. The summed E-state index contributed by atoms with van der Waals surface area (Å²) >= 11 is 5.81. The van der Waals surface area contributed by atoms with Gasteiger partial charge < -0.3 is 4.74 Å². The number of aryl methyl sites for hydroxylation is 1. The van der Waals surface area contributed by atoms with Crippen LogP contribution in [0.3, 0.4) is 0 Å². The number of Topliss-reactive ketones (excluding diaryl/α,β-unsaturated/α-hetero) is 1. The Labute approximate surface area is 124 Å². The molecule has 2 nitrogen and oxygen atoms in total. The average Bonchev–Trinajstić information content (AvgIpc) is 2.49. The molecule has 2 aromatic rings. The molecule has 0 spiro atoms. The highest BCUT2D eigenvalue weighted by Gasteiger charge is 2.16. The number of ether oxygens (including phenoxy) is 1. The number of hydrogen-bond acceptors (Lipinski definition) is 2. The third-order valence-corrected chi connectivity index (χ3v) is 3.39. The van der Waals surface area contributed by atoms with Crippen molar-refractivity contribution in [3.8, 4) is 5.75 Å². The van der Waals surface area contributed by atoms with Crippen molar-refractivity contribution in [3.05, 3.63) is 64.7 Å². The Balaban J connectivity index is 2.05. The molecule has 20 heavy (non-hydrogen) atoms. The van der Waals surface area contributed by atoms with Crippen LogP contribution in [0.4, 0.5) is 0 Å². The molecule has 0 saturated carbocycles. The highest BCUT2D eigenvalue weighted by Crippen LogP contribution is 2.18. The topological polar surface area (TPSA) is 26.3 Å². The molecule has 0 saturated heterocycles. The summed E-state index contributed by atoms with van der Waals surface area (Å²) < 4.78 is 5.63. The van der Waals surface area contributed by atoms with E-state index in [9.17, 15) is 4.79 Å². The normalized spacial score (nSPS) is 11.9. The lowest BCUT2D eigenvalue weighted by molar-refractivity contribution is 0.0818. The number of hydrogen-bond donors (Lipinski definition) is 0. The van der Waals surface area contributed by atoms with Crippen LogP contribution < -0.4 is 4.74 Å². The minimum atomic E-state index is -0.524. The minimum Gasteiger partial charge on any atom is -0.483 e. The van der Waals surface area contributed by atoms with E-state index >= 15 is 0 Å². The van der Waals surface area contributed by atoms with E-state index in [1.165, 1.54) is 5.56 Å². The molecule has 0 radical (unpaired) electrons. The first-order valence-corrected chi connectivity index (χ1v) is 7.03. The summed E-state index contributed by atoms with van der Waals surface area (Å²) in [6, 6.07) is 14.6. The second kappa shape index (κ2) is 6.58. The molecule has 0 N–H and O–H groups in total. The maximum atomic E-state index is 12.3. The Hall–Kier alpha value is -1.80. The predicted molar refractivity (Wildman–Crippen MR) is 81.7 cm³/mol. The number of benzene rings is 2. The molecule has 0 amide bonds. The van der Waals surface area contributed by atoms with Crippen LogP contribution in [0, 0.1) is 0 Å². The second-order valence-corrected chi connectivity index (χ2v) is 5.07. The molecule has 0 aliphatic heterocycles. The van der Waals surface area contributed by atoms with Crippen LogP contribution in [0.25, 0.3) is 0 Å². The van der Waals surface area contributed by atoms with Gasteiger partial charge in [-0.25, -0.2) is 0 Å². The zero-order chi connectivity index (χ0) is 14.5. The first-order chi connectivity index (χ1) is 9.60. The monoisotopic (exact) mass is 288 g/mol. The van der Waals surface area contributed by atoms with Gasteiger partial charge in [0.15, 0.2) is 6.10 Å². The van der Waals surface area contributed by atoms with Crippen molar-refractivity contribution in [1.82, 2.24) is 0 Å². The summed E-state index contributed by atoms with van der Waals surface area (Å²) in [6.07, 6.45) is 0.439. The van der Waals surface area contributed by atoms with Gasteiger partial charge in [-0.05, 0) is 43.2 Å². The fourth-order valence-electron chi connectivity index (χ4n) is 1.91. The molecular weight excluding hydrogens is 272 g/mol. The van der Waals surface area contributed by atoms with Crippen LogP contribution in [0.15, 0.2) is 48.5 Å². The Morgan fingerprint density at radius 1 is 1.10 bits per heavy atom. The van der Waals surface area contributed by atoms with E-state index in [0.29, 0.717) is 16.3 Å². The molecule has 0 aromatic heterocycles. The van der Waals surface area contributed by atoms with E-state index < -0.39 is 6.10 Å². The van der Waals surface area contributed by atoms with E-state index in [4.69, 9.17) is 16.3 Å². The Morgan fingerprint density at radius 3 is 2.25 bits per heavy atom. The summed E-state index contributed by atoms with van der Waals surface area (Å²) in [4.78, 5) is 12.3. The van der Waals surface area contributed by atoms with Gasteiger partial charge in [-0.1, -0.05) is 42.8 Å². The highest BCUT2D eigenvalue weighted by molar-refractivity contribution is 6.30. The van der Waals surface area contributed by atoms with Gasteiger partial charge in [-0.3, -0.25) is 4.79 Å². The van der Waals surface area contributed by atoms with Crippen molar-refractivity contribution in [3.63, 3.8) is 0 Å². The first kappa shape index (κ1) is 14.6. The summed E-state index contributed by atoms with van der Waals surface area (Å²) in [7, 11) is 0. The Bertz CT molecular complexity index is 573. The molecule has 3 heteroatoms. The standard InChI is InChI=1S/C17H17ClO2/c1-3-13-4-6-14(7-5-13)17(19)12(2)20-16-10-8-15(18)9-11-16/h4-12H,3H2,1-2H3. The van der Waals surface area contributed by atoms with Crippen LogP contribution in [-0.2, 0) is 6.42 Å². The lowest BCUT2D eigenvalue weighted by atomic mass is 10.0. The van der Waals surface area contributed by atoms with Crippen molar-refractivity contribution in [2.75, 3.05) is 0 Å². The van der Waals surface area contributed by atoms with Crippen molar-refractivity contribution in [1.29, 1.82) is 0 Å². The van der Waals surface area contributed by atoms with Crippen molar-refractivity contribution >= 4 is 17.4 Å². The van der Waals surface area contributed by atoms with Gasteiger partial charge in [0.2, 0.25) is 5.78 Å². The van der Waals surface area contributed by atoms with Crippen molar-refractivity contribution < 1.29 is 9.53 Å². The number of rotatable bonds is 5. The van der Waals surface area contributed by atoms with E-state index in [1.54, 1.807) is 31.2 Å². The smallest absolute Gasteiger partial charge is 0.202 e. The van der Waals surface area contributed by atoms with Crippen molar-refractivity contribution in [2.24, 2.45) is 0 Å². The van der Waals surface area contributed by atoms with E-state index in [1.807, 2.05) is 24.3 Å². The van der Waals surface area contributed by atoms with Gasteiger partial charge in [0.25, 0.3) is 0 Å². The number of ketones is 1. The largest absolute Gasteiger partial charge is 0.483 e. The molecule has 1 unspecified atom stereocenters. The highest BCUT2D eigenvalue weighted by atomic mass is 35.5. The Kier molecular flexibility index (Phi) is 4.80. The van der Waals surface area contributed by atoms with Gasteiger partial charge in [0, 0.05) is 10.6 Å². The van der Waals surface area contributed by atoms with Gasteiger partial charge in [0.1, 0.15) is 5.75 Å². The average molecular weight is 289 g/mol. The van der Waals surface area contributed by atoms with Gasteiger partial charge in [-0.2, -0.15) is 0 Å². The summed E-state index contributed by atoms with van der Waals surface area (Å²) in [5.41, 5.74) is 1.89. The molecule has 0 bridgehead atoms. The van der Waals surface area contributed by atoms with Crippen LogP contribution >= 0.6 is 11.6 Å². The predicted octanol–water partition coefficient (Wildman–Crippen LogP) is 4.55. The van der Waals surface area contributed by atoms with Crippen molar-refractivity contribution in [2.45, 2.75) is 26.4 Å². The molecule has 2 aromatic carbocycles. The molecule has 0 fully saturated rings. The quantitative estimate of drug-likeness (QED) is 0.754. The maximum absolute atomic E-state index is 12.3. The maximum Gasteiger partial charge on any atom is 0.202 e. The summed E-state index contributed by atoms with van der Waals surface area (Å²) in [6.45, 7) is 3.84. The molecule has 2 rings (SSSR count). The molecular formula is C17H17ClO2. The van der Waals surface area contributed by atoms with E-state index in [2.05, 4.69) is 6.92 Å². The molecule has 1 atom stereocenters. The molecule has 104 valence electrons. The SMILES string of the molecule is CCc1ccc(C(=O)C(C)Oc2ccc(Cl)cc2)cc1. The number of carbonyl (C=O) groups excluding carboxylic acids is 1. The molecule has 0 aliphatic rings. The third-order valence-electron chi connectivity index (χ3n) is 3.14. The van der Waals surface area contributed by atoms with Crippen LogP contribution in [0.1, 0.15) is 29.8 Å². The lowest BCUT2D eigenvalue weighted by Gasteiger charge is -2.14. The minimum absolute atomic E-state index is 0.0254. The van der Waals surface area contributed by atoms with Gasteiger partial charge in [0.05, 0.1) is 0 Å². The lowest BCUT2D eigenvalue weighted by Crippen LogP contribution is -2.23. The van der Waals surface area contributed by atoms with Crippen LogP contribution in [-0.4, -0.2) is 11.9 Å². The fourth-order valence-corrected chi connectivity index (χ4v) is 2.04. The van der Waals surface area contributed by atoms with Crippen LogP contribution in [0.2, 0.25) is 5.02 Å². The van der Waals surface area contributed by atoms with E-state index in [-0.39, 0.29) is 5.78 Å². The number of carbonyl (C=O) groups is 1. The van der Waals surface area contributed by atoms with Gasteiger partial charge in [-0.15, -0.1) is 0 Å². The van der Waals surface area contributed by atoms with Gasteiger partial charge >= 0.3 is 0 Å².